The van der Waals surface area contributed by atoms with Crippen LogP contribution in [-0.2, 0) is 60.8 Å². The number of amides is 10. The van der Waals surface area contributed by atoms with Crippen molar-refractivity contribution in [2.75, 3.05) is 26.2 Å². The summed E-state index contributed by atoms with van der Waals surface area (Å²) in [5.41, 5.74) is 17.1. The Morgan fingerprint density at radius 1 is 0.611 bits per heavy atom. The predicted octanol–water partition coefficient (Wildman–Crippen LogP) is 0.942. The third-order valence-electron chi connectivity index (χ3n) is 17.1. The molecular weight excluding hydrogens is 1150 g/mol. The predicted molar refractivity (Wildman–Crippen MR) is 342 cm³/mol. The molecule has 492 valence electrons. The summed E-state index contributed by atoms with van der Waals surface area (Å²) in [6, 6.07) is 16.4. The number of primary amides is 1. The molecule has 25 heteroatoms. The van der Waals surface area contributed by atoms with E-state index in [1.807, 2.05) is 86.6 Å². The van der Waals surface area contributed by atoms with Gasteiger partial charge in [-0.2, -0.15) is 0 Å². The third-order valence-corrected chi connectivity index (χ3v) is 17.1. The average molecular weight is 1250 g/mol. The van der Waals surface area contributed by atoms with E-state index in [4.69, 9.17) is 22.6 Å². The number of nitrogens with two attached hydrogens (primary N) is 3. The van der Waals surface area contributed by atoms with E-state index in [-0.39, 0.29) is 74.8 Å². The molecule has 10 amide bonds. The molecule has 3 fully saturated rings. The van der Waals surface area contributed by atoms with Gasteiger partial charge in [0, 0.05) is 70.0 Å². The van der Waals surface area contributed by atoms with Gasteiger partial charge in [0.15, 0.2) is 5.96 Å². The van der Waals surface area contributed by atoms with Crippen molar-refractivity contribution in [3.8, 4) is 0 Å². The maximum absolute atomic E-state index is 14.4. The fourth-order valence-corrected chi connectivity index (χ4v) is 12.5. The van der Waals surface area contributed by atoms with Gasteiger partial charge in [0.2, 0.25) is 59.1 Å². The molecule has 25 nitrogen and oxygen atoms in total. The lowest BCUT2D eigenvalue weighted by Gasteiger charge is -2.30. The van der Waals surface area contributed by atoms with E-state index < -0.39 is 113 Å². The van der Waals surface area contributed by atoms with E-state index in [1.54, 1.807) is 0 Å². The number of guanidine groups is 1. The number of benzene rings is 3. The number of nitrogens with one attached hydrogen (secondary N) is 12. The van der Waals surface area contributed by atoms with Crippen molar-refractivity contribution in [3.05, 3.63) is 83.9 Å². The minimum absolute atomic E-state index is 0.0210. The standard InChI is InChI=1S/C65H97N15O10/c1-38(2)31-43(34-55(82)75-51(28-16-30-71-64(68)69)61(88)76-50-27-15-24-47(50)59(86)78-53(32-40-17-7-6-8-18-40)62(89)79-54-37-70-36-48(54)57(67)84)74-63(90)65(4,5)80-56(83)35-44(33-42-21-13-20-41-19-9-10-22-45(41)42)73-60(87)52(25-11-12-29-66)77-58(85)46-23-14-26-49(46)72-39(3)81/h6-10,13,17-22,38,43-44,46-54,70H,11-12,14-16,23-37,66H2,1-5H3,(H2,67,84)(H,72,81)(H,73,87)(H,74,90)(H,75,82)(H,76,88)(H,77,85)(H,78,86)(H,79,89)(H,80,83)(H4,68,69,71)/t43-,44-,46-,47-,48-,49-,50-,51-,52-,53-,54-/m0/s1. The van der Waals surface area contributed by atoms with Gasteiger partial charge in [0.1, 0.15) is 23.7 Å². The first kappa shape index (κ1) is 70.9. The molecule has 0 unspecified atom stereocenters. The number of fused-ring (bicyclic) bond motifs is 1. The maximum atomic E-state index is 14.4. The van der Waals surface area contributed by atoms with Crippen LogP contribution in [0.2, 0.25) is 0 Å². The van der Waals surface area contributed by atoms with Gasteiger partial charge in [-0.25, -0.2) is 0 Å². The van der Waals surface area contributed by atoms with Gasteiger partial charge in [-0.3, -0.25) is 53.4 Å². The van der Waals surface area contributed by atoms with Gasteiger partial charge in [-0.1, -0.05) is 99.5 Å². The Hall–Kier alpha value is -8.19. The summed E-state index contributed by atoms with van der Waals surface area (Å²) in [5.74, 6) is -7.04. The topological polar surface area (TPSA) is 405 Å². The number of carbonyl (C=O) groups excluding carboxylic acids is 10. The number of carbonyl (C=O) groups is 10. The summed E-state index contributed by atoms with van der Waals surface area (Å²) in [7, 11) is 0. The Morgan fingerprint density at radius 3 is 1.87 bits per heavy atom. The second-order valence-corrected chi connectivity index (χ2v) is 25.4. The molecule has 11 atom stereocenters. The van der Waals surface area contributed by atoms with E-state index in [9.17, 15) is 47.9 Å². The van der Waals surface area contributed by atoms with Crippen LogP contribution < -0.4 is 75.7 Å². The lowest BCUT2D eigenvalue weighted by molar-refractivity contribution is -0.134. The molecule has 90 heavy (non-hydrogen) atoms. The number of rotatable bonds is 34. The summed E-state index contributed by atoms with van der Waals surface area (Å²) >= 11 is 0. The summed E-state index contributed by atoms with van der Waals surface area (Å²) in [6.07, 6.45) is 5.37. The molecule has 1 aliphatic heterocycles. The molecule has 1 saturated heterocycles. The Labute approximate surface area is 527 Å². The van der Waals surface area contributed by atoms with Crippen molar-refractivity contribution in [1.82, 2.24) is 58.5 Å². The number of hydrogen-bond donors (Lipinski definition) is 15. The maximum Gasteiger partial charge on any atom is 0.245 e. The Bertz CT molecular complexity index is 2980. The van der Waals surface area contributed by atoms with E-state index in [1.165, 1.54) is 20.8 Å². The zero-order chi connectivity index (χ0) is 65.5. The largest absolute Gasteiger partial charge is 0.370 e. The van der Waals surface area contributed by atoms with Crippen LogP contribution in [0.1, 0.15) is 136 Å². The first-order chi connectivity index (χ1) is 42.9. The normalized spacial score (nSPS) is 20.5. The van der Waals surface area contributed by atoms with Gasteiger partial charge in [0.25, 0.3) is 0 Å². The van der Waals surface area contributed by atoms with Crippen LogP contribution in [-0.4, -0.2) is 145 Å². The quantitative estimate of drug-likeness (QED) is 0.0225. The summed E-state index contributed by atoms with van der Waals surface area (Å²) in [4.78, 5) is 138. The van der Waals surface area contributed by atoms with E-state index in [0.29, 0.717) is 77.4 Å². The fraction of sp³-hybridized carbons (Fsp3) is 0.585. The van der Waals surface area contributed by atoms with Crippen LogP contribution >= 0.6 is 0 Å². The molecule has 18 N–H and O–H groups in total. The minimum atomic E-state index is -1.55. The molecule has 0 radical (unpaired) electrons. The second kappa shape index (κ2) is 34.7. The van der Waals surface area contributed by atoms with Crippen molar-refractivity contribution in [3.63, 3.8) is 0 Å². The zero-order valence-electron chi connectivity index (χ0n) is 52.8. The Kier molecular flexibility index (Phi) is 27.3. The zero-order valence-corrected chi connectivity index (χ0v) is 52.8. The highest BCUT2D eigenvalue weighted by atomic mass is 16.2. The van der Waals surface area contributed by atoms with Crippen molar-refractivity contribution in [2.45, 2.75) is 191 Å². The average Bonchev–Trinajstić information content (AvgIpc) is 1.57. The van der Waals surface area contributed by atoms with Crippen molar-refractivity contribution < 1.29 is 47.9 Å². The lowest BCUT2D eigenvalue weighted by atomic mass is 9.95. The summed E-state index contributed by atoms with van der Waals surface area (Å²) in [5, 5.41) is 41.7. The molecule has 3 aromatic rings. The lowest BCUT2D eigenvalue weighted by Crippen LogP contribution is -2.58. The Balaban J connectivity index is 1.12. The highest BCUT2D eigenvalue weighted by molar-refractivity contribution is 5.94. The van der Waals surface area contributed by atoms with E-state index in [0.717, 1.165) is 28.3 Å². The van der Waals surface area contributed by atoms with Crippen LogP contribution in [0.15, 0.2) is 72.8 Å². The minimum Gasteiger partial charge on any atom is -0.370 e. The molecule has 3 aliphatic rings. The molecular formula is C65H97N15O10. The van der Waals surface area contributed by atoms with Gasteiger partial charge >= 0.3 is 0 Å². The first-order valence-electron chi connectivity index (χ1n) is 31.9. The number of hydrogen-bond acceptors (Lipinski definition) is 13. The highest BCUT2D eigenvalue weighted by Gasteiger charge is 2.41. The third kappa shape index (κ3) is 22.1. The smallest absolute Gasteiger partial charge is 0.245 e. The first-order valence-corrected chi connectivity index (χ1v) is 31.9. The number of unbranched alkanes of at least 4 members (excludes halogenated alkanes) is 1. The van der Waals surface area contributed by atoms with Crippen LogP contribution in [0, 0.1) is 29.1 Å². The van der Waals surface area contributed by atoms with Crippen molar-refractivity contribution in [2.24, 2.45) is 40.9 Å². The van der Waals surface area contributed by atoms with Crippen LogP contribution in [0.25, 0.3) is 10.8 Å². The molecule has 1 heterocycles. The molecule has 0 spiro atoms. The van der Waals surface area contributed by atoms with E-state index in [2.05, 4.69) is 58.5 Å². The van der Waals surface area contributed by atoms with Gasteiger partial charge in [0.05, 0.1) is 23.8 Å². The van der Waals surface area contributed by atoms with Crippen LogP contribution in [0.4, 0.5) is 0 Å². The van der Waals surface area contributed by atoms with Gasteiger partial charge < -0.3 is 75.7 Å². The molecule has 0 aromatic heterocycles. The van der Waals surface area contributed by atoms with Gasteiger partial charge in [-0.15, -0.1) is 0 Å². The molecule has 2 saturated carbocycles. The van der Waals surface area contributed by atoms with Crippen LogP contribution in [0.5, 0.6) is 0 Å². The second-order valence-electron chi connectivity index (χ2n) is 25.4. The van der Waals surface area contributed by atoms with Crippen molar-refractivity contribution >= 4 is 75.8 Å². The van der Waals surface area contributed by atoms with E-state index >= 15 is 0 Å². The van der Waals surface area contributed by atoms with Crippen molar-refractivity contribution in [1.29, 1.82) is 5.41 Å². The fourth-order valence-electron chi connectivity index (χ4n) is 12.5. The van der Waals surface area contributed by atoms with Gasteiger partial charge in [-0.05, 0) is 119 Å². The summed E-state index contributed by atoms with van der Waals surface area (Å²) < 4.78 is 0. The SMILES string of the molecule is CC(=O)N[C@H]1CCC[C@@H]1C(=O)N[C@@H](CCCCN)C(=O)N[C@H](CC(=O)NC(C)(C)C(=O)N[C@H](CC(=O)N[C@@H](CCCNC(=N)N)C(=O)N[C@H]1CCC[C@@H]1C(=O)N[C@@H](Cc1ccccc1)C(=O)N[C@H]1CNC[C@@H]1C(N)=O)CC(C)C)Cc1cccc2ccccc12. The summed E-state index contributed by atoms with van der Waals surface area (Å²) in [6.45, 7) is 9.54. The monoisotopic (exact) mass is 1250 g/mol. The molecule has 2 aliphatic carbocycles. The highest BCUT2D eigenvalue weighted by Crippen LogP contribution is 2.29. The molecule has 6 rings (SSSR count). The van der Waals surface area contributed by atoms with Crippen LogP contribution in [0.3, 0.4) is 0 Å². The molecule has 3 aromatic carbocycles. The molecule has 0 bridgehead atoms. The Morgan fingerprint density at radius 2 is 1.21 bits per heavy atom.